The molecule has 0 aliphatic carbocycles. The molecule has 0 amide bonds. The second-order valence-corrected chi connectivity index (χ2v) is 4.39. The van der Waals surface area contributed by atoms with Gasteiger partial charge in [-0.25, -0.2) is 4.39 Å². The third-order valence-corrected chi connectivity index (χ3v) is 3.43. The zero-order chi connectivity index (χ0) is 11.5. The van der Waals surface area contributed by atoms with Crippen LogP contribution in [0.4, 0.5) is 4.39 Å². The molecule has 88 valence electrons. The van der Waals surface area contributed by atoms with Crippen LogP contribution in [0.1, 0.15) is 24.3 Å². The first-order chi connectivity index (χ1) is 7.74. The molecular weight excluding hydrogens is 229 g/mol. The molecular formula is C12H15ClFNO. The summed E-state index contributed by atoms with van der Waals surface area (Å²) < 4.78 is 19.0. The topological polar surface area (TPSA) is 21.3 Å². The summed E-state index contributed by atoms with van der Waals surface area (Å²) in [6, 6.07) is 3.53. The monoisotopic (exact) mass is 243 g/mol. The van der Waals surface area contributed by atoms with Crippen LogP contribution in [0.5, 0.6) is 5.75 Å². The highest BCUT2D eigenvalue weighted by atomic mass is 35.5. The van der Waals surface area contributed by atoms with Crippen LogP contribution in [0.25, 0.3) is 0 Å². The number of hydrogen-bond donors (Lipinski definition) is 1. The Kier molecular flexibility index (Phi) is 3.66. The van der Waals surface area contributed by atoms with Crippen LogP contribution in [0, 0.1) is 5.82 Å². The summed E-state index contributed by atoms with van der Waals surface area (Å²) in [5.74, 6) is 0.342. The van der Waals surface area contributed by atoms with E-state index in [0.717, 1.165) is 25.9 Å². The van der Waals surface area contributed by atoms with Crippen LogP contribution in [-0.4, -0.2) is 20.2 Å². The molecule has 2 rings (SSSR count). The molecule has 2 nitrogen and oxygen atoms in total. The zero-order valence-corrected chi connectivity index (χ0v) is 9.98. The highest BCUT2D eigenvalue weighted by molar-refractivity contribution is 6.32. The molecule has 0 saturated carbocycles. The first kappa shape index (κ1) is 11.7. The number of piperidine rings is 1. The standard InChI is InChI=1S/C12H15ClFNO/c1-16-10-3-2-9(12(14)11(10)13)8-4-6-15-7-5-8/h2-3,8,15H,4-7H2,1H3. The summed E-state index contributed by atoms with van der Waals surface area (Å²) in [5, 5.41) is 3.36. The molecule has 1 N–H and O–H groups in total. The molecule has 4 heteroatoms. The molecule has 0 atom stereocenters. The van der Waals surface area contributed by atoms with E-state index in [4.69, 9.17) is 16.3 Å². The molecule has 1 aromatic carbocycles. The van der Waals surface area contributed by atoms with Gasteiger partial charge in [-0.2, -0.15) is 0 Å². The average Bonchev–Trinajstić information content (AvgIpc) is 2.34. The fourth-order valence-electron chi connectivity index (χ4n) is 2.15. The molecule has 1 aliphatic heterocycles. The third kappa shape index (κ3) is 2.15. The van der Waals surface area contributed by atoms with Gasteiger partial charge in [0.1, 0.15) is 16.6 Å². The van der Waals surface area contributed by atoms with Crippen LogP contribution in [0.15, 0.2) is 12.1 Å². The summed E-state index contributed by atoms with van der Waals surface area (Å²) in [7, 11) is 1.49. The number of methoxy groups -OCH3 is 1. The molecule has 0 radical (unpaired) electrons. The van der Waals surface area contributed by atoms with Crippen molar-refractivity contribution >= 4 is 11.6 Å². The smallest absolute Gasteiger partial charge is 0.149 e. The van der Waals surface area contributed by atoms with Gasteiger partial charge in [0.25, 0.3) is 0 Å². The van der Waals surface area contributed by atoms with E-state index in [1.807, 2.05) is 0 Å². The first-order valence-corrected chi connectivity index (χ1v) is 5.84. The van der Waals surface area contributed by atoms with E-state index < -0.39 is 0 Å². The van der Waals surface area contributed by atoms with Crippen molar-refractivity contribution in [2.45, 2.75) is 18.8 Å². The van der Waals surface area contributed by atoms with Crippen LogP contribution in [0.3, 0.4) is 0 Å². The fourth-order valence-corrected chi connectivity index (χ4v) is 2.40. The average molecular weight is 244 g/mol. The van der Waals surface area contributed by atoms with Gasteiger partial charge in [-0.1, -0.05) is 17.7 Å². The lowest BCUT2D eigenvalue weighted by atomic mass is 9.90. The lowest BCUT2D eigenvalue weighted by Gasteiger charge is -2.23. The van der Waals surface area contributed by atoms with Crippen molar-refractivity contribution < 1.29 is 9.13 Å². The van der Waals surface area contributed by atoms with Gasteiger partial charge >= 0.3 is 0 Å². The molecule has 0 bridgehead atoms. The number of halogens is 2. The van der Waals surface area contributed by atoms with Gasteiger partial charge in [0.05, 0.1) is 7.11 Å². The van der Waals surface area contributed by atoms with E-state index in [1.54, 1.807) is 12.1 Å². The van der Waals surface area contributed by atoms with Crippen molar-refractivity contribution in [2.24, 2.45) is 0 Å². The van der Waals surface area contributed by atoms with Crippen molar-refractivity contribution in [3.8, 4) is 5.75 Å². The summed E-state index contributed by atoms with van der Waals surface area (Å²) >= 11 is 5.90. The summed E-state index contributed by atoms with van der Waals surface area (Å²) in [6.45, 7) is 1.88. The van der Waals surface area contributed by atoms with Crippen molar-refractivity contribution in [1.82, 2.24) is 5.32 Å². The Hall–Kier alpha value is -0.800. The normalized spacial score (nSPS) is 17.4. The molecule has 1 saturated heterocycles. The quantitative estimate of drug-likeness (QED) is 0.862. The Balaban J connectivity index is 2.30. The SMILES string of the molecule is COc1ccc(C2CCNCC2)c(F)c1Cl. The maximum absolute atomic E-state index is 14.0. The van der Waals surface area contributed by atoms with Crippen molar-refractivity contribution in [2.75, 3.05) is 20.2 Å². The Morgan fingerprint density at radius 1 is 1.38 bits per heavy atom. The molecule has 0 spiro atoms. The number of hydrogen-bond acceptors (Lipinski definition) is 2. The van der Waals surface area contributed by atoms with E-state index in [2.05, 4.69) is 5.32 Å². The molecule has 1 aliphatic rings. The molecule has 0 unspecified atom stereocenters. The van der Waals surface area contributed by atoms with Gasteiger partial charge in [-0.15, -0.1) is 0 Å². The van der Waals surface area contributed by atoms with Gasteiger partial charge in [0, 0.05) is 0 Å². The second-order valence-electron chi connectivity index (χ2n) is 4.01. The van der Waals surface area contributed by atoms with E-state index in [1.165, 1.54) is 7.11 Å². The number of rotatable bonds is 2. The van der Waals surface area contributed by atoms with Crippen LogP contribution >= 0.6 is 11.6 Å². The summed E-state index contributed by atoms with van der Waals surface area (Å²) in [4.78, 5) is 0. The summed E-state index contributed by atoms with van der Waals surface area (Å²) in [5.41, 5.74) is 0.715. The van der Waals surface area contributed by atoms with Crippen LogP contribution < -0.4 is 10.1 Å². The Morgan fingerprint density at radius 2 is 2.06 bits per heavy atom. The van der Waals surface area contributed by atoms with Gasteiger partial charge < -0.3 is 10.1 Å². The van der Waals surface area contributed by atoms with Crippen molar-refractivity contribution in [3.05, 3.63) is 28.5 Å². The highest BCUT2D eigenvalue weighted by Crippen LogP contribution is 2.35. The lowest BCUT2D eigenvalue weighted by molar-refractivity contribution is 0.407. The molecule has 16 heavy (non-hydrogen) atoms. The number of nitrogens with one attached hydrogen (secondary N) is 1. The minimum atomic E-state index is -0.326. The summed E-state index contributed by atoms with van der Waals surface area (Å²) in [6.07, 6.45) is 1.92. The lowest BCUT2D eigenvalue weighted by Crippen LogP contribution is -2.27. The van der Waals surface area contributed by atoms with Gasteiger partial charge in [0.15, 0.2) is 0 Å². The first-order valence-electron chi connectivity index (χ1n) is 5.46. The molecule has 1 heterocycles. The number of benzene rings is 1. The van der Waals surface area contributed by atoms with Gasteiger partial charge in [-0.05, 0) is 43.5 Å². The third-order valence-electron chi connectivity index (χ3n) is 3.08. The molecule has 1 fully saturated rings. The van der Waals surface area contributed by atoms with Crippen LogP contribution in [0.2, 0.25) is 5.02 Å². The van der Waals surface area contributed by atoms with Crippen molar-refractivity contribution in [3.63, 3.8) is 0 Å². The predicted octanol–water partition coefficient (Wildman–Crippen LogP) is 2.95. The largest absolute Gasteiger partial charge is 0.495 e. The van der Waals surface area contributed by atoms with E-state index >= 15 is 0 Å². The maximum Gasteiger partial charge on any atom is 0.149 e. The Labute approximate surface area is 99.7 Å². The number of ether oxygens (including phenoxy) is 1. The van der Waals surface area contributed by atoms with E-state index in [-0.39, 0.29) is 16.8 Å². The Morgan fingerprint density at radius 3 is 2.69 bits per heavy atom. The highest BCUT2D eigenvalue weighted by Gasteiger charge is 2.21. The molecule has 1 aromatic rings. The fraction of sp³-hybridized carbons (Fsp3) is 0.500. The zero-order valence-electron chi connectivity index (χ0n) is 9.22. The maximum atomic E-state index is 14.0. The van der Waals surface area contributed by atoms with Crippen LogP contribution in [-0.2, 0) is 0 Å². The van der Waals surface area contributed by atoms with Gasteiger partial charge in [0.2, 0.25) is 0 Å². The predicted molar refractivity (Wildman–Crippen MR) is 62.8 cm³/mol. The minimum Gasteiger partial charge on any atom is -0.495 e. The van der Waals surface area contributed by atoms with E-state index in [9.17, 15) is 4.39 Å². The Bertz CT molecular complexity index is 378. The van der Waals surface area contributed by atoms with Crippen molar-refractivity contribution in [1.29, 1.82) is 0 Å². The second kappa shape index (κ2) is 5.02. The molecule has 0 aromatic heterocycles. The van der Waals surface area contributed by atoms with Gasteiger partial charge in [-0.3, -0.25) is 0 Å². The van der Waals surface area contributed by atoms with E-state index in [0.29, 0.717) is 11.3 Å². The minimum absolute atomic E-state index is 0.0959.